The first-order valence-electron chi connectivity index (χ1n) is 8.01. The highest BCUT2D eigenvalue weighted by molar-refractivity contribution is 8.02. The Kier molecular flexibility index (Phi) is 4.61. The smallest absolute Gasteiger partial charge is 0.213 e. The van der Waals surface area contributed by atoms with Crippen molar-refractivity contribution in [3.05, 3.63) is 34.3 Å². The van der Waals surface area contributed by atoms with Gasteiger partial charge in [0.2, 0.25) is 5.88 Å². The molecule has 2 aromatic rings. The molecular formula is C18H22ClN3O2S2. The lowest BCUT2D eigenvalue weighted by atomic mass is 10.0. The van der Waals surface area contributed by atoms with Crippen LogP contribution in [0.4, 0.5) is 0 Å². The van der Waals surface area contributed by atoms with Gasteiger partial charge in [-0.15, -0.1) is 11.3 Å². The minimum absolute atomic E-state index is 0.299. The van der Waals surface area contributed by atoms with Crippen LogP contribution in [0.1, 0.15) is 25.6 Å². The third-order valence-electron chi connectivity index (χ3n) is 4.83. The van der Waals surface area contributed by atoms with Gasteiger partial charge >= 0.3 is 0 Å². The van der Waals surface area contributed by atoms with E-state index in [1.807, 2.05) is 39.0 Å². The second kappa shape index (κ2) is 6.25. The van der Waals surface area contributed by atoms with Crippen LogP contribution in [-0.2, 0) is 15.1 Å². The van der Waals surface area contributed by atoms with Gasteiger partial charge in [-0.05, 0) is 53.9 Å². The summed E-state index contributed by atoms with van der Waals surface area (Å²) < 4.78 is 17.6. The van der Waals surface area contributed by atoms with Crippen LogP contribution in [-0.4, -0.2) is 38.5 Å². The van der Waals surface area contributed by atoms with Crippen LogP contribution in [0, 0.1) is 0 Å². The molecule has 1 unspecified atom stereocenters. The van der Waals surface area contributed by atoms with Crippen molar-refractivity contribution >= 4 is 44.2 Å². The van der Waals surface area contributed by atoms with Crippen molar-refractivity contribution < 1.29 is 8.95 Å². The largest absolute Gasteiger partial charge is 0.481 e. The summed E-state index contributed by atoms with van der Waals surface area (Å²) in [6, 6.07) is 5.63. The topological polar surface area (TPSA) is 77.6 Å². The van der Waals surface area contributed by atoms with Crippen molar-refractivity contribution in [1.29, 1.82) is 0 Å². The maximum Gasteiger partial charge on any atom is 0.213 e. The normalized spacial score (nSPS) is 27.8. The van der Waals surface area contributed by atoms with E-state index in [1.165, 1.54) is 11.3 Å². The van der Waals surface area contributed by atoms with Crippen LogP contribution < -0.4 is 10.5 Å². The maximum atomic E-state index is 13.2. The zero-order chi connectivity index (χ0) is 19.3. The minimum atomic E-state index is -2.49. The molecule has 0 bridgehead atoms. The van der Waals surface area contributed by atoms with E-state index >= 15 is 0 Å². The van der Waals surface area contributed by atoms with E-state index in [2.05, 4.69) is 10.9 Å². The first-order chi connectivity index (χ1) is 12.0. The predicted octanol–water partition coefficient (Wildman–Crippen LogP) is 3.55. The Morgan fingerprint density at radius 1 is 1.38 bits per heavy atom. The van der Waals surface area contributed by atoms with Gasteiger partial charge in [-0.3, -0.25) is 9.20 Å². The summed E-state index contributed by atoms with van der Waals surface area (Å²) >= 11 is 8.05. The monoisotopic (exact) mass is 411 g/mol. The van der Waals surface area contributed by atoms with Crippen molar-refractivity contribution in [2.45, 2.75) is 31.1 Å². The summed E-state index contributed by atoms with van der Waals surface area (Å²) in [5.74, 6) is 5.15. The van der Waals surface area contributed by atoms with Gasteiger partial charge in [0.1, 0.15) is 11.4 Å². The van der Waals surface area contributed by atoms with Gasteiger partial charge in [0.15, 0.2) is 0 Å². The Morgan fingerprint density at radius 2 is 2.08 bits per heavy atom. The van der Waals surface area contributed by atoms with Crippen molar-refractivity contribution in [1.82, 2.24) is 4.98 Å². The molecular weight excluding hydrogens is 390 g/mol. The Bertz CT molecular complexity index is 996. The van der Waals surface area contributed by atoms with Gasteiger partial charge in [0.05, 0.1) is 21.8 Å². The molecule has 140 valence electrons. The van der Waals surface area contributed by atoms with E-state index in [1.54, 1.807) is 13.3 Å². The quantitative estimate of drug-likeness (QED) is 0.783. The summed E-state index contributed by atoms with van der Waals surface area (Å²) in [6.07, 6.45) is 1.69. The third-order valence-corrected chi connectivity index (χ3v) is 9.78. The maximum absolute atomic E-state index is 13.2. The summed E-state index contributed by atoms with van der Waals surface area (Å²) in [4.78, 5) is 10.6. The molecule has 0 aromatic carbocycles. The second-order valence-electron chi connectivity index (χ2n) is 7.11. The van der Waals surface area contributed by atoms with Crippen LogP contribution in [0.25, 0.3) is 10.4 Å². The lowest BCUT2D eigenvalue weighted by Gasteiger charge is -2.40. The zero-order valence-electron chi connectivity index (χ0n) is 15.2. The first-order valence-corrected chi connectivity index (χ1v) is 11.1. The lowest BCUT2D eigenvalue weighted by Crippen LogP contribution is -2.54. The molecule has 0 saturated heterocycles. The fourth-order valence-electron chi connectivity index (χ4n) is 2.93. The molecule has 0 saturated carbocycles. The number of halogens is 1. The van der Waals surface area contributed by atoms with E-state index < -0.39 is 19.8 Å². The number of rotatable bonds is 3. The number of hydrogen-bond acceptors (Lipinski definition) is 6. The van der Waals surface area contributed by atoms with Crippen LogP contribution >= 0.6 is 22.9 Å². The predicted molar refractivity (Wildman–Crippen MR) is 112 cm³/mol. The van der Waals surface area contributed by atoms with Gasteiger partial charge in [-0.25, -0.2) is 4.98 Å². The lowest BCUT2D eigenvalue weighted by molar-refractivity contribution is 0.398. The standard InChI is InChI=1S/C18H22ClN3O2S2/c1-17(2)16(20)22-18(3,10-26(17,5)23)15-12(19)9-13(25-15)11-6-7-21-14(8-11)24-4/h6-9H,5,10H2,1-4H3,(H2,20,22)/t18-,26?/m0/s1. The number of aromatic nitrogens is 1. The number of hydrogen-bond donors (Lipinski definition) is 1. The number of amidine groups is 1. The summed E-state index contributed by atoms with van der Waals surface area (Å²) in [7, 11) is -0.911. The molecule has 2 N–H and O–H groups in total. The summed E-state index contributed by atoms with van der Waals surface area (Å²) in [6.45, 7) is 5.56. The Balaban J connectivity index is 2.11. The number of thiophene rings is 1. The molecule has 0 spiro atoms. The van der Waals surface area contributed by atoms with E-state index in [0.29, 0.717) is 22.5 Å². The second-order valence-corrected chi connectivity index (χ2v) is 11.5. The average molecular weight is 412 g/mol. The van der Waals surface area contributed by atoms with Gasteiger partial charge in [-0.2, -0.15) is 0 Å². The van der Waals surface area contributed by atoms with Crippen molar-refractivity contribution in [3.8, 4) is 16.3 Å². The molecule has 0 aliphatic carbocycles. The van der Waals surface area contributed by atoms with Crippen molar-refractivity contribution in [2.24, 2.45) is 10.7 Å². The number of ether oxygens (including phenoxy) is 1. The highest BCUT2D eigenvalue weighted by atomic mass is 35.5. The average Bonchev–Trinajstić information content (AvgIpc) is 2.95. The summed E-state index contributed by atoms with van der Waals surface area (Å²) in [5.41, 5.74) is 6.35. The van der Waals surface area contributed by atoms with Gasteiger partial charge < -0.3 is 10.5 Å². The molecule has 2 aromatic heterocycles. The number of methoxy groups -OCH3 is 1. The molecule has 5 nitrogen and oxygen atoms in total. The number of nitrogens with zero attached hydrogens (tertiary/aromatic N) is 2. The van der Waals surface area contributed by atoms with E-state index in [9.17, 15) is 4.21 Å². The van der Waals surface area contributed by atoms with Crippen molar-refractivity contribution in [2.75, 3.05) is 12.9 Å². The Morgan fingerprint density at radius 3 is 2.69 bits per heavy atom. The minimum Gasteiger partial charge on any atom is -0.481 e. The fraction of sp³-hybridized carbons (Fsp3) is 0.389. The van der Waals surface area contributed by atoms with Crippen LogP contribution in [0.3, 0.4) is 0 Å². The first kappa shape index (κ1) is 19.2. The highest BCUT2D eigenvalue weighted by Gasteiger charge is 2.46. The molecule has 0 fully saturated rings. The molecule has 1 aliphatic heterocycles. The van der Waals surface area contributed by atoms with Crippen molar-refractivity contribution in [3.63, 3.8) is 0 Å². The fourth-order valence-corrected chi connectivity index (χ4v) is 6.55. The van der Waals surface area contributed by atoms with Crippen LogP contribution in [0.5, 0.6) is 5.88 Å². The number of pyridine rings is 1. The highest BCUT2D eigenvalue weighted by Crippen LogP contribution is 2.45. The molecule has 2 atom stereocenters. The third kappa shape index (κ3) is 3.02. The molecule has 0 amide bonds. The molecule has 3 heterocycles. The molecule has 1 aliphatic rings. The zero-order valence-corrected chi connectivity index (χ0v) is 17.6. The molecule has 26 heavy (non-hydrogen) atoms. The number of aliphatic imine (C=N–C) groups is 1. The number of nitrogens with two attached hydrogens (primary N) is 1. The van der Waals surface area contributed by atoms with Gasteiger partial charge in [0, 0.05) is 22.9 Å². The van der Waals surface area contributed by atoms with E-state index in [4.69, 9.17) is 27.1 Å². The van der Waals surface area contributed by atoms with E-state index in [0.717, 1.165) is 15.3 Å². The van der Waals surface area contributed by atoms with Gasteiger partial charge in [0.25, 0.3) is 0 Å². The van der Waals surface area contributed by atoms with E-state index in [-0.39, 0.29) is 0 Å². The van der Waals surface area contributed by atoms with Gasteiger partial charge in [-0.1, -0.05) is 11.6 Å². The van der Waals surface area contributed by atoms with Crippen LogP contribution in [0.2, 0.25) is 5.02 Å². The SMILES string of the molecule is C=S1(=O)C[C@@](C)(c2sc(-c3ccnc(OC)c3)cc2Cl)N=C(N)C1(C)C. The Labute approximate surface area is 163 Å². The van der Waals surface area contributed by atoms with Crippen LogP contribution in [0.15, 0.2) is 29.4 Å². The molecule has 8 heteroatoms. The molecule has 0 radical (unpaired) electrons. The Hall–Kier alpha value is -1.57. The molecule has 3 rings (SSSR count). The summed E-state index contributed by atoms with van der Waals surface area (Å²) in [5, 5.41) is 0.578.